The van der Waals surface area contributed by atoms with Gasteiger partial charge in [0.1, 0.15) is 5.75 Å². The fourth-order valence-electron chi connectivity index (χ4n) is 1.44. The quantitative estimate of drug-likeness (QED) is 0.539. The molecule has 0 spiro atoms. The van der Waals surface area contributed by atoms with Crippen molar-refractivity contribution in [3.05, 3.63) is 25.6 Å². The molecule has 0 atom stereocenters. The molecule has 0 N–H and O–H groups in total. The van der Waals surface area contributed by atoms with E-state index < -0.39 is 14.5 Å². The summed E-state index contributed by atoms with van der Waals surface area (Å²) in [7, 11) is 1.72. The Balaban J connectivity index is 2.83. The van der Waals surface area contributed by atoms with Gasteiger partial charge in [-0.25, -0.2) is 8.42 Å². The first-order valence-electron chi connectivity index (χ1n) is 5.20. The van der Waals surface area contributed by atoms with Gasteiger partial charge in [0.2, 0.25) is 9.05 Å². The van der Waals surface area contributed by atoms with Crippen LogP contribution in [0.2, 0.25) is 0 Å². The van der Waals surface area contributed by atoms with Crippen molar-refractivity contribution in [3.63, 3.8) is 0 Å². The van der Waals surface area contributed by atoms with E-state index in [-0.39, 0.29) is 12.4 Å². The lowest BCUT2D eigenvalue weighted by atomic mass is 9.98. The Hall–Kier alpha value is 0.700. The van der Waals surface area contributed by atoms with Gasteiger partial charge in [0.15, 0.2) is 0 Å². The Kier molecular flexibility index (Phi) is 6.20. The molecule has 108 valence electrons. The summed E-state index contributed by atoms with van der Waals surface area (Å²) in [5, 5.41) is 0. The maximum absolute atomic E-state index is 11.1. The molecular weight excluding hydrogens is 487 g/mol. The van der Waals surface area contributed by atoms with Crippen molar-refractivity contribution in [1.29, 1.82) is 0 Å². The standard InChI is InChI=1S/C11H12Br3ClO3S/c1-11(2,6-19(15,16)17)5-18-10-8(13)3-7(12)4-9(10)14/h3-4H,5-6H2,1-2H3. The molecule has 19 heavy (non-hydrogen) atoms. The van der Waals surface area contributed by atoms with Crippen LogP contribution in [0, 0.1) is 5.41 Å². The Morgan fingerprint density at radius 1 is 1.21 bits per heavy atom. The van der Waals surface area contributed by atoms with Crippen LogP contribution in [0.3, 0.4) is 0 Å². The van der Waals surface area contributed by atoms with Gasteiger partial charge in [0, 0.05) is 20.6 Å². The van der Waals surface area contributed by atoms with Crippen molar-refractivity contribution in [1.82, 2.24) is 0 Å². The molecule has 0 aliphatic rings. The lowest BCUT2D eigenvalue weighted by Gasteiger charge is -2.23. The summed E-state index contributed by atoms with van der Waals surface area (Å²) in [6, 6.07) is 3.71. The molecule has 0 heterocycles. The fourth-order valence-corrected chi connectivity index (χ4v) is 5.83. The molecule has 0 aliphatic carbocycles. The van der Waals surface area contributed by atoms with E-state index in [2.05, 4.69) is 47.8 Å². The second-order valence-electron chi connectivity index (χ2n) is 4.83. The Labute approximate surface area is 142 Å². The highest BCUT2D eigenvalue weighted by atomic mass is 79.9. The molecule has 0 saturated carbocycles. The molecule has 3 nitrogen and oxygen atoms in total. The van der Waals surface area contributed by atoms with Crippen molar-refractivity contribution >= 4 is 67.5 Å². The highest BCUT2D eigenvalue weighted by Crippen LogP contribution is 2.37. The van der Waals surface area contributed by atoms with Crippen LogP contribution in [0.1, 0.15) is 13.8 Å². The summed E-state index contributed by atoms with van der Waals surface area (Å²) in [6.07, 6.45) is 0. The van der Waals surface area contributed by atoms with Gasteiger partial charge in [-0.2, -0.15) is 0 Å². The summed E-state index contributed by atoms with van der Waals surface area (Å²) >= 11 is 10.2. The maximum Gasteiger partial charge on any atom is 0.233 e. The average molecular weight is 499 g/mol. The van der Waals surface area contributed by atoms with E-state index in [4.69, 9.17) is 15.4 Å². The summed E-state index contributed by atoms with van der Waals surface area (Å²) in [6.45, 7) is 3.80. The summed E-state index contributed by atoms with van der Waals surface area (Å²) in [4.78, 5) is 0. The normalized spacial score (nSPS) is 12.5. The van der Waals surface area contributed by atoms with E-state index in [1.807, 2.05) is 12.1 Å². The predicted molar refractivity (Wildman–Crippen MR) is 88.5 cm³/mol. The number of hydrogen-bond acceptors (Lipinski definition) is 3. The van der Waals surface area contributed by atoms with Crippen molar-refractivity contribution in [2.75, 3.05) is 12.4 Å². The van der Waals surface area contributed by atoms with Crippen LogP contribution in [0.5, 0.6) is 5.75 Å². The number of hydrogen-bond donors (Lipinski definition) is 0. The molecule has 8 heteroatoms. The molecule has 0 bridgehead atoms. The first-order valence-corrected chi connectivity index (χ1v) is 10.1. The summed E-state index contributed by atoms with van der Waals surface area (Å²) in [5.74, 6) is 0.482. The van der Waals surface area contributed by atoms with E-state index in [9.17, 15) is 8.42 Å². The van der Waals surface area contributed by atoms with Crippen LogP contribution in [0.25, 0.3) is 0 Å². The van der Waals surface area contributed by atoms with Gasteiger partial charge in [0.05, 0.1) is 21.3 Å². The first-order chi connectivity index (χ1) is 8.50. The fraction of sp³-hybridized carbons (Fsp3) is 0.455. The molecule has 0 fully saturated rings. The molecule has 1 aromatic rings. The largest absolute Gasteiger partial charge is 0.491 e. The van der Waals surface area contributed by atoms with Crippen LogP contribution in [-0.4, -0.2) is 20.8 Å². The molecule has 1 rings (SSSR count). The van der Waals surface area contributed by atoms with Gasteiger partial charge in [-0.15, -0.1) is 0 Å². The second kappa shape index (κ2) is 6.64. The summed E-state index contributed by atoms with van der Waals surface area (Å²) < 4.78 is 30.4. The van der Waals surface area contributed by atoms with Gasteiger partial charge in [-0.3, -0.25) is 0 Å². The molecule has 0 unspecified atom stereocenters. The Morgan fingerprint density at radius 2 is 1.68 bits per heavy atom. The minimum Gasteiger partial charge on any atom is -0.491 e. The van der Waals surface area contributed by atoms with E-state index in [0.717, 1.165) is 13.4 Å². The van der Waals surface area contributed by atoms with Gasteiger partial charge in [-0.1, -0.05) is 29.8 Å². The number of benzene rings is 1. The summed E-state index contributed by atoms with van der Waals surface area (Å²) in [5.41, 5.74) is -0.577. The van der Waals surface area contributed by atoms with Crippen molar-refractivity contribution in [3.8, 4) is 5.75 Å². The average Bonchev–Trinajstić information content (AvgIpc) is 2.10. The van der Waals surface area contributed by atoms with Crippen LogP contribution in [-0.2, 0) is 9.05 Å². The Morgan fingerprint density at radius 3 is 2.11 bits per heavy atom. The van der Waals surface area contributed by atoms with E-state index in [0.29, 0.717) is 5.75 Å². The van der Waals surface area contributed by atoms with E-state index in [1.54, 1.807) is 13.8 Å². The third kappa shape index (κ3) is 6.33. The van der Waals surface area contributed by atoms with E-state index >= 15 is 0 Å². The predicted octanol–water partition coefficient (Wildman–Crippen LogP) is 4.95. The zero-order chi connectivity index (χ0) is 14.8. The van der Waals surface area contributed by atoms with Gasteiger partial charge >= 0.3 is 0 Å². The van der Waals surface area contributed by atoms with Crippen molar-refractivity contribution < 1.29 is 13.2 Å². The number of rotatable bonds is 5. The van der Waals surface area contributed by atoms with Crippen LogP contribution < -0.4 is 4.74 Å². The molecule has 1 aromatic carbocycles. The molecule has 0 aromatic heterocycles. The SMILES string of the molecule is CC(C)(COc1c(Br)cc(Br)cc1Br)CS(=O)(=O)Cl. The van der Waals surface area contributed by atoms with Gasteiger partial charge < -0.3 is 4.74 Å². The zero-order valence-electron chi connectivity index (χ0n) is 10.2. The lowest BCUT2D eigenvalue weighted by Crippen LogP contribution is -2.28. The smallest absolute Gasteiger partial charge is 0.233 e. The van der Waals surface area contributed by atoms with Gasteiger partial charge in [-0.05, 0) is 44.0 Å². The van der Waals surface area contributed by atoms with Crippen molar-refractivity contribution in [2.45, 2.75) is 13.8 Å². The molecule has 0 radical (unpaired) electrons. The molecule has 0 saturated heterocycles. The minimum absolute atomic E-state index is 0.146. The number of ether oxygens (including phenoxy) is 1. The van der Waals surface area contributed by atoms with Crippen LogP contribution >= 0.6 is 58.5 Å². The minimum atomic E-state index is -3.55. The third-order valence-electron chi connectivity index (χ3n) is 2.13. The molecular formula is C11H12Br3ClO3S. The Bertz CT molecular complexity index is 550. The topological polar surface area (TPSA) is 43.4 Å². The monoisotopic (exact) mass is 496 g/mol. The molecule has 0 amide bonds. The molecule has 0 aliphatic heterocycles. The van der Waals surface area contributed by atoms with Crippen LogP contribution in [0.4, 0.5) is 0 Å². The highest BCUT2D eigenvalue weighted by molar-refractivity contribution is 9.11. The zero-order valence-corrected chi connectivity index (χ0v) is 16.5. The van der Waals surface area contributed by atoms with Crippen molar-refractivity contribution in [2.24, 2.45) is 5.41 Å². The highest BCUT2D eigenvalue weighted by Gasteiger charge is 2.26. The third-order valence-corrected chi connectivity index (χ3v) is 5.22. The maximum atomic E-state index is 11.1. The number of halogens is 4. The second-order valence-corrected chi connectivity index (χ2v) is 10.2. The first kappa shape index (κ1) is 17.8. The van der Waals surface area contributed by atoms with Gasteiger partial charge in [0.25, 0.3) is 0 Å². The van der Waals surface area contributed by atoms with E-state index in [1.165, 1.54) is 0 Å². The lowest BCUT2D eigenvalue weighted by molar-refractivity contribution is 0.198. The van der Waals surface area contributed by atoms with Crippen LogP contribution in [0.15, 0.2) is 25.6 Å².